The third-order valence-corrected chi connectivity index (χ3v) is 2.00. The lowest BCUT2D eigenvalue weighted by molar-refractivity contribution is 0.680. The monoisotopic (exact) mass is 168 g/mol. The molecule has 0 amide bonds. The number of nitrogens with one attached hydrogen (secondary N) is 1. The molecule has 1 aromatic rings. The van der Waals surface area contributed by atoms with Crippen LogP contribution in [0.3, 0.4) is 0 Å². The third-order valence-electron chi connectivity index (χ3n) is 2.00. The van der Waals surface area contributed by atoms with E-state index < -0.39 is 0 Å². The Morgan fingerprint density at radius 2 is 2.17 bits per heavy atom. The molecule has 0 aliphatic rings. The first-order valence-corrected chi connectivity index (χ1v) is 4.33. The van der Waals surface area contributed by atoms with Crippen molar-refractivity contribution in [3.63, 3.8) is 0 Å². The van der Waals surface area contributed by atoms with Gasteiger partial charge in [-0.1, -0.05) is 13.8 Å². The molecule has 0 aliphatic carbocycles. The van der Waals surface area contributed by atoms with E-state index in [2.05, 4.69) is 29.0 Å². The quantitative estimate of drug-likeness (QED) is 0.715. The van der Waals surface area contributed by atoms with Crippen LogP contribution >= 0.6 is 0 Å². The Morgan fingerprint density at radius 1 is 1.50 bits per heavy atom. The number of hydrogen-bond acceptors (Lipinski definition) is 3. The molecular weight excluding hydrogens is 152 g/mol. The maximum Gasteiger partial charge on any atom is 0.153 e. The first-order chi connectivity index (χ1) is 5.65. The Bertz CT molecular complexity index is 241. The average molecular weight is 168 g/mol. The highest BCUT2D eigenvalue weighted by molar-refractivity contribution is 4.98. The lowest BCUT2D eigenvalue weighted by Gasteiger charge is -2.00. The van der Waals surface area contributed by atoms with E-state index in [0.717, 1.165) is 18.1 Å². The highest BCUT2D eigenvalue weighted by Gasteiger charge is 2.11. The third kappa shape index (κ3) is 1.82. The first kappa shape index (κ1) is 9.19. The van der Waals surface area contributed by atoms with Crippen molar-refractivity contribution >= 4 is 0 Å². The van der Waals surface area contributed by atoms with Gasteiger partial charge in [-0.15, -0.1) is 0 Å². The molecule has 1 heterocycles. The fourth-order valence-corrected chi connectivity index (χ4v) is 0.895. The molecule has 1 aromatic heterocycles. The predicted molar refractivity (Wildman–Crippen MR) is 47.7 cm³/mol. The summed E-state index contributed by atoms with van der Waals surface area (Å²) >= 11 is 0. The normalized spacial score (nSPS) is 16.0. The van der Waals surface area contributed by atoms with Crippen molar-refractivity contribution in [3.8, 4) is 0 Å². The van der Waals surface area contributed by atoms with Crippen molar-refractivity contribution in [2.75, 3.05) is 0 Å². The molecule has 1 rings (SSSR count). The first-order valence-electron chi connectivity index (χ1n) is 4.33. The van der Waals surface area contributed by atoms with Gasteiger partial charge in [-0.3, -0.25) is 5.10 Å². The summed E-state index contributed by atoms with van der Waals surface area (Å²) in [6, 6.07) is -0.0599. The number of H-pyrrole nitrogens is 1. The maximum atomic E-state index is 5.63. The molecule has 3 N–H and O–H groups in total. The van der Waals surface area contributed by atoms with E-state index in [1.54, 1.807) is 0 Å². The molecule has 0 radical (unpaired) electrons. The van der Waals surface area contributed by atoms with Gasteiger partial charge in [0, 0.05) is 5.92 Å². The predicted octanol–water partition coefficient (Wildman–Crippen LogP) is 1.34. The number of nitrogens with two attached hydrogens (primary N) is 1. The van der Waals surface area contributed by atoms with Gasteiger partial charge in [0.2, 0.25) is 0 Å². The highest BCUT2D eigenvalue weighted by Crippen LogP contribution is 2.14. The van der Waals surface area contributed by atoms with Crippen LogP contribution in [-0.2, 0) is 0 Å². The number of nitrogens with zero attached hydrogens (tertiary/aromatic N) is 2. The second kappa shape index (κ2) is 3.67. The number of aromatic nitrogens is 3. The minimum atomic E-state index is -0.0599. The van der Waals surface area contributed by atoms with Crippen LogP contribution in [0.15, 0.2) is 0 Å². The molecule has 0 aliphatic heterocycles. The summed E-state index contributed by atoms with van der Waals surface area (Å²) in [7, 11) is 0. The van der Waals surface area contributed by atoms with Crippen LogP contribution in [0.2, 0.25) is 0 Å². The number of hydrogen-bond donors (Lipinski definition) is 2. The Kier molecular flexibility index (Phi) is 2.81. The lowest BCUT2D eigenvalue weighted by Crippen LogP contribution is -2.07. The van der Waals surface area contributed by atoms with Crippen LogP contribution in [0.25, 0.3) is 0 Å². The number of rotatable bonds is 3. The smallest absolute Gasteiger partial charge is 0.153 e. The van der Waals surface area contributed by atoms with Gasteiger partial charge in [0.15, 0.2) is 5.82 Å². The average Bonchev–Trinajstić information content (AvgIpc) is 2.51. The summed E-state index contributed by atoms with van der Waals surface area (Å²) in [4.78, 5) is 4.29. The summed E-state index contributed by atoms with van der Waals surface area (Å²) in [5.41, 5.74) is 5.63. The van der Waals surface area contributed by atoms with E-state index >= 15 is 0 Å². The second-order valence-electron chi connectivity index (χ2n) is 3.18. The molecule has 0 saturated heterocycles. The van der Waals surface area contributed by atoms with E-state index in [1.807, 2.05) is 6.92 Å². The molecule has 12 heavy (non-hydrogen) atoms. The summed E-state index contributed by atoms with van der Waals surface area (Å²) < 4.78 is 0. The molecule has 2 atom stereocenters. The minimum Gasteiger partial charge on any atom is -0.322 e. The highest BCUT2D eigenvalue weighted by atomic mass is 15.2. The molecule has 1 unspecified atom stereocenters. The van der Waals surface area contributed by atoms with Gasteiger partial charge >= 0.3 is 0 Å². The molecule has 0 saturated carbocycles. The van der Waals surface area contributed by atoms with Crippen LogP contribution in [-0.4, -0.2) is 15.2 Å². The molecule has 68 valence electrons. The van der Waals surface area contributed by atoms with Crippen molar-refractivity contribution < 1.29 is 0 Å². The van der Waals surface area contributed by atoms with Crippen molar-refractivity contribution in [2.45, 2.75) is 39.2 Å². The lowest BCUT2D eigenvalue weighted by atomic mass is 10.1. The zero-order valence-corrected chi connectivity index (χ0v) is 7.83. The van der Waals surface area contributed by atoms with Gasteiger partial charge in [-0.05, 0) is 13.3 Å². The van der Waals surface area contributed by atoms with Gasteiger partial charge in [0.05, 0.1) is 6.04 Å². The van der Waals surface area contributed by atoms with E-state index in [-0.39, 0.29) is 6.04 Å². The zero-order chi connectivity index (χ0) is 9.14. The van der Waals surface area contributed by atoms with Crippen molar-refractivity contribution in [1.29, 1.82) is 0 Å². The Hall–Kier alpha value is -0.900. The molecule has 0 spiro atoms. The minimum absolute atomic E-state index is 0.0599. The molecule has 0 bridgehead atoms. The number of aromatic amines is 1. The molecule has 0 fully saturated rings. The van der Waals surface area contributed by atoms with Gasteiger partial charge < -0.3 is 5.73 Å². The molecule has 4 nitrogen and oxygen atoms in total. The zero-order valence-electron chi connectivity index (χ0n) is 7.83. The van der Waals surface area contributed by atoms with Crippen LogP contribution in [0, 0.1) is 0 Å². The standard InChI is InChI=1S/C8H16N4/c1-4-5(2)7-10-8(6(3)9)12-11-7/h5-6H,4,9H2,1-3H3,(H,10,11,12)/t5?,6-/m1/s1. The largest absolute Gasteiger partial charge is 0.322 e. The van der Waals surface area contributed by atoms with E-state index in [9.17, 15) is 0 Å². The van der Waals surface area contributed by atoms with E-state index in [4.69, 9.17) is 5.73 Å². The van der Waals surface area contributed by atoms with Crippen molar-refractivity contribution in [2.24, 2.45) is 5.73 Å². The molecule has 0 aromatic carbocycles. The van der Waals surface area contributed by atoms with E-state index in [0.29, 0.717) is 5.92 Å². The fourth-order valence-electron chi connectivity index (χ4n) is 0.895. The van der Waals surface area contributed by atoms with Gasteiger partial charge in [0.25, 0.3) is 0 Å². The summed E-state index contributed by atoms with van der Waals surface area (Å²) in [6.07, 6.45) is 1.05. The Labute approximate surface area is 72.6 Å². The topological polar surface area (TPSA) is 67.6 Å². The molecule has 4 heteroatoms. The van der Waals surface area contributed by atoms with Gasteiger partial charge in [0.1, 0.15) is 5.82 Å². The van der Waals surface area contributed by atoms with Crippen LogP contribution in [0.4, 0.5) is 0 Å². The van der Waals surface area contributed by atoms with Crippen LogP contribution in [0.5, 0.6) is 0 Å². The molecular formula is C8H16N4. The Balaban J connectivity index is 2.77. The van der Waals surface area contributed by atoms with Crippen molar-refractivity contribution in [1.82, 2.24) is 15.2 Å². The summed E-state index contributed by atoms with van der Waals surface area (Å²) in [5.74, 6) is 2.05. The Morgan fingerprint density at radius 3 is 2.58 bits per heavy atom. The SMILES string of the molecule is CCC(C)c1n[nH]c([C@@H](C)N)n1. The summed E-state index contributed by atoms with van der Waals surface area (Å²) in [6.45, 7) is 6.11. The second-order valence-corrected chi connectivity index (χ2v) is 3.18. The van der Waals surface area contributed by atoms with Gasteiger partial charge in [-0.25, -0.2) is 4.98 Å². The van der Waals surface area contributed by atoms with Crippen LogP contribution < -0.4 is 5.73 Å². The van der Waals surface area contributed by atoms with Gasteiger partial charge in [-0.2, -0.15) is 5.10 Å². The summed E-state index contributed by atoms with van der Waals surface area (Å²) in [5, 5.41) is 6.93. The van der Waals surface area contributed by atoms with Crippen molar-refractivity contribution in [3.05, 3.63) is 11.6 Å². The maximum absolute atomic E-state index is 5.63. The van der Waals surface area contributed by atoms with Crippen LogP contribution in [0.1, 0.15) is 50.8 Å². The van der Waals surface area contributed by atoms with E-state index in [1.165, 1.54) is 0 Å². The fraction of sp³-hybridized carbons (Fsp3) is 0.750.